The first kappa shape index (κ1) is 12.6. The number of hydrogen-bond donors (Lipinski definition) is 2. The van der Waals surface area contributed by atoms with Crippen LogP contribution in [0.3, 0.4) is 0 Å². The molecule has 4 heteroatoms. The number of nitrogens with two attached hydrogens (primary N) is 1. The maximum atomic E-state index is 10.1. The highest BCUT2D eigenvalue weighted by molar-refractivity contribution is 5.41. The van der Waals surface area contributed by atoms with Crippen LogP contribution >= 0.6 is 0 Å². The molecule has 0 aliphatic carbocycles. The Kier molecular flexibility index (Phi) is 3.67. The Hall–Kier alpha value is -1.81. The van der Waals surface area contributed by atoms with E-state index in [2.05, 4.69) is 18.9 Å². The van der Waals surface area contributed by atoms with Gasteiger partial charge < -0.3 is 10.8 Å². The summed E-state index contributed by atoms with van der Waals surface area (Å²) in [5.74, 6) is 0. The molecule has 0 aliphatic rings. The lowest BCUT2D eigenvalue weighted by atomic mass is 10.0. The normalized spacial score (nSPS) is 12.9. The summed E-state index contributed by atoms with van der Waals surface area (Å²) in [6.07, 6.45) is 1.87. The summed E-state index contributed by atoms with van der Waals surface area (Å²) in [7, 11) is 0. The predicted octanol–water partition coefficient (Wildman–Crippen LogP) is 2.32. The van der Waals surface area contributed by atoms with Crippen molar-refractivity contribution in [2.45, 2.75) is 32.4 Å². The summed E-state index contributed by atoms with van der Waals surface area (Å²) in [6, 6.07) is 9.60. The van der Waals surface area contributed by atoms with E-state index in [4.69, 9.17) is 5.73 Å². The fraction of sp³-hybridized carbons (Fsp3) is 0.357. The summed E-state index contributed by atoms with van der Waals surface area (Å²) in [4.78, 5) is 0. The summed E-state index contributed by atoms with van der Waals surface area (Å²) < 4.78 is 1.89. The molecule has 0 spiro atoms. The second kappa shape index (κ2) is 5.23. The topological polar surface area (TPSA) is 64.1 Å². The fourth-order valence-electron chi connectivity index (χ4n) is 1.86. The number of nitrogens with zero attached hydrogens (tertiary/aromatic N) is 2. The smallest absolute Gasteiger partial charge is 0.0846 e. The second-order valence-electron chi connectivity index (χ2n) is 4.77. The fourth-order valence-corrected chi connectivity index (χ4v) is 1.86. The van der Waals surface area contributed by atoms with Gasteiger partial charge in [-0.25, -0.2) is 0 Å². The predicted molar refractivity (Wildman–Crippen MR) is 72.1 cm³/mol. The lowest BCUT2D eigenvalue weighted by molar-refractivity contribution is 0.177. The third-order valence-electron chi connectivity index (χ3n) is 2.89. The van der Waals surface area contributed by atoms with Crippen LogP contribution in [-0.4, -0.2) is 14.9 Å². The molecule has 0 bridgehead atoms. The summed E-state index contributed by atoms with van der Waals surface area (Å²) in [6.45, 7) is 4.15. The molecule has 2 rings (SSSR count). The van der Waals surface area contributed by atoms with Crippen LogP contribution in [0.4, 0.5) is 5.69 Å². The Balaban J connectivity index is 2.08. The van der Waals surface area contributed by atoms with Crippen LogP contribution in [0, 0.1) is 0 Å². The lowest BCUT2D eigenvalue weighted by Crippen LogP contribution is -2.05. The van der Waals surface area contributed by atoms with E-state index in [1.54, 1.807) is 6.07 Å². The zero-order valence-corrected chi connectivity index (χ0v) is 10.7. The van der Waals surface area contributed by atoms with Crippen molar-refractivity contribution in [3.8, 4) is 0 Å². The second-order valence-corrected chi connectivity index (χ2v) is 4.77. The Labute approximate surface area is 107 Å². The molecule has 2 aromatic rings. The van der Waals surface area contributed by atoms with Crippen molar-refractivity contribution in [2.24, 2.45) is 0 Å². The van der Waals surface area contributed by atoms with E-state index in [1.807, 2.05) is 35.1 Å². The Morgan fingerprint density at radius 3 is 2.72 bits per heavy atom. The number of aliphatic hydroxyl groups is 1. The first-order valence-corrected chi connectivity index (χ1v) is 6.14. The van der Waals surface area contributed by atoms with Crippen LogP contribution in [0.2, 0.25) is 0 Å². The highest BCUT2D eigenvalue weighted by Gasteiger charge is 2.11. The van der Waals surface area contributed by atoms with E-state index >= 15 is 0 Å². The minimum atomic E-state index is -0.566. The lowest BCUT2D eigenvalue weighted by Gasteiger charge is -2.10. The maximum Gasteiger partial charge on any atom is 0.0846 e. The van der Waals surface area contributed by atoms with E-state index in [0.29, 0.717) is 18.2 Å². The van der Waals surface area contributed by atoms with E-state index in [-0.39, 0.29) is 0 Å². The van der Waals surface area contributed by atoms with E-state index in [9.17, 15) is 5.11 Å². The van der Waals surface area contributed by atoms with Gasteiger partial charge in [-0.3, -0.25) is 4.68 Å². The zero-order chi connectivity index (χ0) is 13.1. The van der Waals surface area contributed by atoms with Gasteiger partial charge in [0.1, 0.15) is 0 Å². The van der Waals surface area contributed by atoms with Crippen molar-refractivity contribution in [1.29, 1.82) is 0 Å². The van der Waals surface area contributed by atoms with Crippen molar-refractivity contribution < 1.29 is 5.11 Å². The van der Waals surface area contributed by atoms with Crippen LogP contribution in [-0.2, 0) is 6.42 Å². The van der Waals surface area contributed by atoms with Gasteiger partial charge >= 0.3 is 0 Å². The molecule has 96 valence electrons. The molecule has 0 fully saturated rings. The molecule has 1 unspecified atom stereocenters. The summed E-state index contributed by atoms with van der Waals surface area (Å²) in [5.41, 5.74) is 8.08. The molecule has 4 nitrogen and oxygen atoms in total. The first-order chi connectivity index (χ1) is 8.56. The van der Waals surface area contributed by atoms with Gasteiger partial charge in [-0.2, -0.15) is 5.10 Å². The SMILES string of the molecule is CC(C)n1ccc(CC(O)c2cccc(N)c2)n1. The highest BCUT2D eigenvalue weighted by atomic mass is 16.3. The highest BCUT2D eigenvalue weighted by Crippen LogP contribution is 2.19. The summed E-state index contributed by atoms with van der Waals surface area (Å²) in [5, 5.41) is 14.6. The summed E-state index contributed by atoms with van der Waals surface area (Å²) >= 11 is 0. The monoisotopic (exact) mass is 245 g/mol. The van der Waals surface area contributed by atoms with Gasteiger partial charge in [0.25, 0.3) is 0 Å². The molecule has 1 aromatic heterocycles. The standard InChI is InChI=1S/C14H19N3O/c1-10(2)17-7-6-13(16-17)9-14(18)11-4-3-5-12(15)8-11/h3-8,10,14,18H,9,15H2,1-2H3. The van der Waals surface area contributed by atoms with Crippen molar-refractivity contribution in [3.05, 3.63) is 47.8 Å². The van der Waals surface area contributed by atoms with Crippen molar-refractivity contribution in [1.82, 2.24) is 9.78 Å². The Bertz CT molecular complexity index is 519. The molecular weight excluding hydrogens is 226 g/mol. The van der Waals surface area contributed by atoms with Gasteiger partial charge in [-0.1, -0.05) is 12.1 Å². The third-order valence-corrected chi connectivity index (χ3v) is 2.89. The molecule has 1 heterocycles. The molecule has 3 N–H and O–H groups in total. The van der Waals surface area contributed by atoms with Gasteiger partial charge in [0, 0.05) is 24.3 Å². The van der Waals surface area contributed by atoms with Crippen molar-refractivity contribution in [2.75, 3.05) is 5.73 Å². The largest absolute Gasteiger partial charge is 0.399 e. The molecular formula is C14H19N3O. The number of nitrogen functional groups attached to an aromatic ring is 1. The van der Waals surface area contributed by atoms with E-state index in [1.165, 1.54) is 0 Å². The first-order valence-electron chi connectivity index (χ1n) is 6.14. The molecule has 0 saturated heterocycles. The molecule has 0 aliphatic heterocycles. The Morgan fingerprint density at radius 1 is 1.33 bits per heavy atom. The number of aromatic nitrogens is 2. The van der Waals surface area contributed by atoms with Crippen LogP contribution < -0.4 is 5.73 Å². The third kappa shape index (κ3) is 2.90. The number of hydrogen-bond acceptors (Lipinski definition) is 3. The molecule has 0 radical (unpaired) electrons. The molecule has 0 amide bonds. The number of rotatable bonds is 4. The van der Waals surface area contributed by atoms with Gasteiger partial charge in [0.15, 0.2) is 0 Å². The number of aliphatic hydroxyl groups excluding tert-OH is 1. The number of benzene rings is 1. The molecule has 1 aromatic carbocycles. The van der Waals surface area contributed by atoms with Crippen molar-refractivity contribution in [3.63, 3.8) is 0 Å². The minimum absolute atomic E-state index is 0.336. The van der Waals surface area contributed by atoms with E-state index in [0.717, 1.165) is 11.3 Å². The van der Waals surface area contributed by atoms with Gasteiger partial charge in [0.2, 0.25) is 0 Å². The molecule has 1 atom stereocenters. The molecule has 0 saturated carbocycles. The average Bonchev–Trinajstić information content (AvgIpc) is 2.77. The average molecular weight is 245 g/mol. The minimum Gasteiger partial charge on any atom is -0.399 e. The van der Waals surface area contributed by atoms with Crippen LogP contribution in [0.1, 0.15) is 37.3 Å². The van der Waals surface area contributed by atoms with E-state index < -0.39 is 6.10 Å². The van der Waals surface area contributed by atoms with Gasteiger partial charge in [0.05, 0.1) is 11.8 Å². The van der Waals surface area contributed by atoms with Crippen LogP contribution in [0.25, 0.3) is 0 Å². The molecule has 18 heavy (non-hydrogen) atoms. The van der Waals surface area contributed by atoms with Crippen LogP contribution in [0.15, 0.2) is 36.5 Å². The Morgan fingerprint density at radius 2 is 2.11 bits per heavy atom. The van der Waals surface area contributed by atoms with Crippen molar-refractivity contribution >= 4 is 5.69 Å². The zero-order valence-electron chi connectivity index (χ0n) is 10.7. The quantitative estimate of drug-likeness (QED) is 0.812. The van der Waals surface area contributed by atoms with Gasteiger partial charge in [-0.05, 0) is 37.6 Å². The number of anilines is 1. The van der Waals surface area contributed by atoms with Gasteiger partial charge in [-0.15, -0.1) is 0 Å². The maximum absolute atomic E-state index is 10.1. The van der Waals surface area contributed by atoms with Crippen LogP contribution in [0.5, 0.6) is 0 Å².